The monoisotopic (exact) mass is 120 g/mol. The standard InChI is InChI=1S/C7H11N/c1-8-7-5-3-2-4-6-7/h7H,2-6H2/i2D2,3D2,4D2,5D2,6D2,7D. The summed E-state index contributed by atoms with van der Waals surface area (Å²) in [6, 6.07) is -3.45. The highest BCUT2D eigenvalue weighted by atomic mass is 14.7. The summed E-state index contributed by atoms with van der Waals surface area (Å²) in [6.07, 6.45) is -17.7. The van der Waals surface area contributed by atoms with Crippen LogP contribution in [0.5, 0.6) is 0 Å². The van der Waals surface area contributed by atoms with E-state index in [-0.39, 0.29) is 0 Å². The quantitative estimate of drug-likeness (QED) is 0.432. The normalized spacial score (nSPS) is 78.1. The van der Waals surface area contributed by atoms with Gasteiger partial charge in [-0.2, -0.15) is 0 Å². The third-order valence-corrected chi connectivity index (χ3v) is 0.599. The summed E-state index contributed by atoms with van der Waals surface area (Å²) in [5.41, 5.74) is 0. The highest BCUT2D eigenvalue weighted by Crippen LogP contribution is 2.19. The molecule has 0 spiro atoms. The molecule has 0 unspecified atom stereocenters. The number of hydrogen-bond donors (Lipinski definition) is 0. The van der Waals surface area contributed by atoms with Crippen molar-refractivity contribution < 1.29 is 15.1 Å². The molecule has 8 heavy (non-hydrogen) atoms. The molecule has 1 nitrogen and oxygen atoms in total. The lowest BCUT2D eigenvalue weighted by atomic mass is 9.96. The molecule has 0 radical (unpaired) electrons. The van der Waals surface area contributed by atoms with E-state index in [9.17, 15) is 0 Å². The highest BCUT2D eigenvalue weighted by Gasteiger charge is 2.15. The van der Waals surface area contributed by atoms with Crippen molar-refractivity contribution >= 4 is 0 Å². The molecule has 1 rings (SSSR count). The largest absolute Gasteiger partial charge is 0.314 e. The zero-order chi connectivity index (χ0) is 15.7. The molecule has 0 aliphatic heterocycles. The minimum atomic E-state index is -3.55. The van der Waals surface area contributed by atoms with E-state index in [0.29, 0.717) is 0 Å². The van der Waals surface area contributed by atoms with Crippen LogP contribution in [0.25, 0.3) is 4.85 Å². The summed E-state index contributed by atoms with van der Waals surface area (Å²) >= 11 is 0. The first-order valence-corrected chi connectivity index (χ1v) is 1.95. The molecule has 0 N–H and O–H groups in total. The lowest BCUT2D eigenvalue weighted by molar-refractivity contribution is 0.480. The predicted molar refractivity (Wildman–Crippen MR) is 33.5 cm³/mol. The van der Waals surface area contributed by atoms with Crippen LogP contribution in [-0.2, 0) is 0 Å². The third-order valence-electron chi connectivity index (χ3n) is 0.599. The van der Waals surface area contributed by atoms with E-state index in [4.69, 9.17) is 21.7 Å². The smallest absolute Gasteiger partial charge is 0.223 e. The fraction of sp³-hybridized carbons (Fsp3) is 0.857. The van der Waals surface area contributed by atoms with Gasteiger partial charge in [-0.15, -0.1) is 0 Å². The lowest BCUT2D eigenvalue weighted by Crippen LogP contribution is -2.06. The van der Waals surface area contributed by atoms with Crippen LogP contribution in [0.2, 0.25) is 0 Å². The highest BCUT2D eigenvalue weighted by molar-refractivity contribution is 4.80. The van der Waals surface area contributed by atoms with Gasteiger partial charge in [0.1, 0.15) is 1.37 Å². The van der Waals surface area contributed by atoms with Crippen LogP contribution in [0.3, 0.4) is 0 Å². The summed E-state index contributed by atoms with van der Waals surface area (Å²) in [6.45, 7) is 6.79. The zero-order valence-electron chi connectivity index (χ0n) is 14.9. The minimum absolute atomic E-state index is 2.46. The van der Waals surface area contributed by atoms with E-state index in [1.165, 1.54) is 0 Å². The van der Waals surface area contributed by atoms with Gasteiger partial charge in [0.2, 0.25) is 6.02 Å². The Morgan fingerprint density at radius 1 is 1.50 bits per heavy atom. The predicted octanol–water partition coefficient (Wildman–Crippen LogP) is 2.24. The van der Waals surface area contributed by atoms with Crippen LogP contribution in [0.1, 0.15) is 46.9 Å². The van der Waals surface area contributed by atoms with E-state index >= 15 is 0 Å². The van der Waals surface area contributed by atoms with Crippen molar-refractivity contribution in [1.82, 2.24) is 0 Å². The van der Waals surface area contributed by atoms with Gasteiger partial charge in [-0.25, -0.2) is 6.57 Å². The summed E-state index contributed by atoms with van der Waals surface area (Å²) < 4.78 is 82.4. The molecule has 0 aromatic rings. The number of hydrogen-bond acceptors (Lipinski definition) is 0. The topological polar surface area (TPSA) is 4.36 Å². The first-order valence-electron chi connectivity index (χ1n) is 7.45. The van der Waals surface area contributed by atoms with Crippen LogP contribution < -0.4 is 0 Å². The van der Waals surface area contributed by atoms with E-state index in [2.05, 4.69) is 4.85 Å². The Labute approximate surface area is 66.0 Å². The fourth-order valence-corrected chi connectivity index (χ4v) is 0.299. The van der Waals surface area contributed by atoms with Crippen LogP contribution in [0, 0.1) is 6.57 Å². The Hall–Kier alpha value is -0.510. The minimum Gasteiger partial charge on any atom is -0.314 e. The third kappa shape index (κ3) is 1.23. The van der Waals surface area contributed by atoms with E-state index in [1.54, 1.807) is 0 Å². The first-order chi connectivity index (χ1) is 8.06. The molecule has 1 aliphatic carbocycles. The van der Waals surface area contributed by atoms with Crippen molar-refractivity contribution in [2.24, 2.45) is 0 Å². The van der Waals surface area contributed by atoms with Crippen LogP contribution in [-0.4, -0.2) is 6.02 Å². The molecule has 1 aliphatic rings. The number of rotatable bonds is 0. The van der Waals surface area contributed by atoms with Crippen molar-refractivity contribution in [2.45, 2.75) is 37.9 Å². The Bertz CT molecular complexity index is 414. The molecule has 1 saturated carbocycles. The van der Waals surface area contributed by atoms with Crippen molar-refractivity contribution in [2.75, 3.05) is 0 Å². The van der Waals surface area contributed by atoms with Crippen molar-refractivity contribution in [1.29, 1.82) is 0 Å². The van der Waals surface area contributed by atoms with Crippen LogP contribution in [0.15, 0.2) is 0 Å². The van der Waals surface area contributed by atoms with E-state index in [0.717, 1.165) is 0 Å². The second-order valence-electron chi connectivity index (χ2n) is 1.09. The van der Waals surface area contributed by atoms with E-state index in [1.807, 2.05) is 0 Å². The van der Waals surface area contributed by atoms with Crippen LogP contribution >= 0.6 is 0 Å². The first kappa shape index (κ1) is 0.923. The molecular weight excluding hydrogens is 98.1 g/mol. The molecule has 0 aromatic carbocycles. The summed E-state index contributed by atoms with van der Waals surface area (Å²) in [5.74, 6) is 0. The van der Waals surface area contributed by atoms with Gasteiger partial charge in [0.05, 0.1) is 0 Å². The average Bonchev–Trinajstić information content (AvgIpc) is 2.24. The average molecular weight is 120 g/mol. The fourth-order valence-electron chi connectivity index (χ4n) is 0.299. The lowest BCUT2D eigenvalue weighted by Gasteiger charge is -2.09. The van der Waals surface area contributed by atoms with E-state index < -0.39 is 37.9 Å². The van der Waals surface area contributed by atoms with Gasteiger partial charge < -0.3 is 4.85 Å². The SMILES string of the molecule is [2H]C1([2H])C([2H])([2H])C([2H])([2H])C([2H])([N+]#[C-])C([2H])([2H])C1([2H])[2H]. The van der Waals surface area contributed by atoms with Crippen molar-refractivity contribution in [3.8, 4) is 0 Å². The summed E-state index contributed by atoms with van der Waals surface area (Å²) in [7, 11) is 0. The maximum absolute atomic E-state index is 7.61. The second kappa shape index (κ2) is 2.71. The summed E-state index contributed by atoms with van der Waals surface area (Å²) in [4.78, 5) is 2.46. The molecule has 0 heterocycles. The molecule has 0 saturated heterocycles. The summed E-state index contributed by atoms with van der Waals surface area (Å²) in [5, 5.41) is 0. The van der Waals surface area contributed by atoms with Gasteiger partial charge in [0.25, 0.3) is 0 Å². The molecule has 0 aromatic heterocycles. The van der Waals surface area contributed by atoms with Gasteiger partial charge in [0.15, 0.2) is 0 Å². The maximum Gasteiger partial charge on any atom is 0.223 e. The Balaban J connectivity index is 3.83. The van der Waals surface area contributed by atoms with Gasteiger partial charge in [-0.3, -0.25) is 0 Å². The van der Waals surface area contributed by atoms with Gasteiger partial charge in [-0.05, 0) is 12.7 Å². The van der Waals surface area contributed by atoms with Crippen LogP contribution in [0.4, 0.5) is 0 Å². The molecule has 0 amide bonds. The van der Waals surface area contributed by atoms with Gasteiger partial charge >= 0.3 is 0 Å². The van der Waals surface area contributed by atoms with Crippen molar-refractivity contribution in [3.05, 3.63) is 11.4 Å². The zero-order valence-corrected chi connectivity index (χ0v) is 3.95. The number of nitrogens with zero attached hydrogens (tertiary/aromatic N) is 1. The molecule has 0 atom stereocenters. The Morgan fingerprint density at radius 3 is 2.62 bits per heavy atom. The molecule has 1 heteroatoms. The molecule has 44 valence electrons. The Kier molecular flexibility index (Phi) is 0.313. The van der Waals surface area contributed by atoms with Crippen molar-refractivity contribution in [3.63, 3.8) is 0 Å². The maximum atomic E-state index is 7.61. The Morgan fingerprint density at radius 2 is 2.12 bits per heavy atom. The van der Waals surface area contributed by atoms with Gasteiger partial charge in [0, 0.05) is 26.5 Å². The molecule has 0 bridgehead atoms. The second-order valence-corrected chi connectivity index (χ2v) is 1.09. The van der Waals surface area contributed by atoms with Gasteiger partial charge in [-0.1, -0.05) is 6.37 Å². The molecule has 1 fully saturated rings. The molecular formula is C7H11N.